The van der Waals surface area contributed by atoms with Crippen molar-refractivity contribution in [2.24, 2.45) is 11.7 Å². The summed E-state index contributed by atoms with van der Waals surface area (Å²) >= 11 is 0. The fraction of sp³-hybridized carbons (Fsp3) is 0.944. The fourth-order valence-electron chi connectivity index (χ4n) is 2.51. The highest BCUT2D eigenvalue weighted by molar-refractivity contribution is 5.85. The second-order valence-electron chi connectivity index (χ2n) is 6.78. The molecule has 1 amide bonds. The van der Waals surface area contributed by atoms with Gasteiger partial charge in [-0.1, -0.05) is 72.6 Å². The van der Waals surface area contributed by atoms with Crippen LogP contribution < -0.4 is 11.1 Å². The summed E-state index contributed by atoms with van der Waals surface area (Å²) < 4.78 is 0. The SMILES string of the molecule is CCC(N)(CC)C(=O)NCCCCCCCCCC(C)C. The number of nitrogens with one attached hydrogen (secondary N) is 1. The van der Waals surface area contributed by atoms with Crippen LogP contribution in [-0.4, -0.2) is 18.0 Å². The molecular formula is C18H38N2O. The molecule has 3 N–H and O–H groups in total. The number of nitrogens with two attached hydrogens (primary N) is 1. The molecule has 0 aromatic rings. The lowest BCUT2D eigenvalue weighted by molar-refractivity contribution is -0.126. The van der Waals surface area contributed by atoms with Crippen molar-refractivity contribution in [1.82, 2.24) is 5.32 Å². The van der Waals surface area contributed by atoms with Crippen molar-refractivity contribution in [2.45, 2.75) is 97.4 Å². The zero-order valence-electron chi connectivity index (χ0n) is 14.8. The van der Waals surface area contributed by atoms with E-state index in [1.165, 1.54) is 44.9 Å². The Balaban J connectivity index is 3.42. The van der Waals surface area contributed by atoms with Crippen LogP contribution in [0.2, 0.25) is 0 Å². The molecule has 0 saturated heterocycles. The Hall–Kier alpha value is -0.570. The van der Waals surface area contributed by atoms with Crippen LogP contribution in [0.4, 0.5) is 0 Å². The van der Waals surface area contributed by atoms with Crippen LogP contribution in [0, 0.1) is 5.92 Å². The maximum atomic E-state index is 12.0. The molecule has 0 aromatic heterocycles. The van der Waals surface area contributed by atoms with Gasteiger partial charge < -0.3 is 11.1 Å². The minimum absolute atomic E-state index is 0.0150. The number of carbonyl (C=O) groups is 1. The summed E-state index contributed by atoms with van der Waals surface area (Å²) in [6, 6.07) is 0. The van der Waals surface area contributed by atoms with Gasteiger partial charge in [-0.2, -0.15) is 0 Å². The standard InChI is InChI=1S/C18H38N2O/c1-5-18(19,6-2)17(21)20-15-13-11-9-7-8-10-12-14-16(3)4/h16H,5-15,19H2,1-4H3,(H,20,21). The molecule has 0 fully saturated rings. The lowest BCUT2D eigenvalue weighted by atomic mass is 9.93. The molecule has 0 atom stereocenters. The monoisotopic (exact) mass is 298 g/mol. The first kappa shape index (κ1) is 20.4. The summed E-state index contributed by atoms with van der Waals surface area (Å²) in [6.07, 6.45) is 11.8. The lowest BCUT2D eigenvalue weighted by Gasteiger charge is -2.25. The Bertz CT molecular complexity index is 260. The Labute approximate surface area is 132 Å². The van der Waals surface area contributed by atoms with Crippen molar-refractivity contribution in [3.63, 3.8) is 0 Å². The predicted molar refractivity (Wildman–Crippen MR) is 92.3 cm³/mol. The summed E-state index contributed by atoms with van der Waals surface area (Å²) in [6.45, 7) is 9.30. The van der Waals surface area contributed by atoms with Gasteiger partial charge in [0.25, 0.3) is 0 Å². The topological polar surface area (TPSA) is 55.1 Å². The number of amides is 1. The quantitative estimate of drug-likeness (QED) is 0.495. The van der Waals surface area contributed by atoms with Crippen LogP contribution >= 0.6 is 0 Å². The maximum absolute atomic E-state index is 12.0. The average molecular weight is 299 g/mol. The number of carbonyl (C=O) groups excluding carboxylic acids is 1. The molecule has 0 aliphatic heterocycles. The summed E-state index contributed by atoms with van der Waals surface area (Å²) in [5.74, 6) is 0.857. The highest BCUT2D eigenvalue weighted by Gasteiger charge is 2.29. The Morgan fingerprint density at radius 2 is 1.43 bits per heavy atom. The van der Waals surface area contributed by atoms with Gasteiger partial charge in [-0.15, -0.1) is 0 Å². The Morgan fingerprint density at radius 1 is 0.952 bits per heavy atom. The van der Waals surface area contributed by atoms with Crippen molar-refractivity contribution >= 4 is 5.91 Å². The van der Waals surface area contributed by atoms with Gasteiger partial charge in [0.1, 0.15) is 0 Å². The summed E-state index contributed by atoms with van der Waals surface area (Å²) in [7, 11) is 0. The third kappa shape index (κ3) is 9.89. The van der Waals surface area contributed by atoms with Crippen LogP contribution in [0.5, 0.6) is 0 Å². The highest BCUT2D eigenvalue weighted by Crippen LogP contribution is 2.13. The van der Waals surface area contributed by atoms with E-state index in [0.29, 0.717) is 12.8 Å². The van der Waals surface area contributed by atoms with Gasteiger partial charge in [-0.3, -0.25) is 4.79 Å². The van der Waals surface area contributed by atoms with E-state index in [4.69, 9.17) is 5.73 Å². The molecule has 0 saturated carbocycles. The first-order valence-corrected chi connectivity index (χ1v) is 9.03. The molecule has 0 rings (SSSR count). The third-order valence-electron chi connectivity index (χ3n) is 4.46. The predicted octanol–water partition coefficient (Wildman–Crippen LogP) is 4.40. The minimum Gasteiger partial charge on any atom is -0.355 e. The van der Waals surface area contributed by atoms with Gasteiger partial charge >= 0.3 is 0 Å². The fourth-order valence-corrected chi connectivity index (χ4v) is 2.51. The smallest absolute Gasteiger partial charge is 0.240 e. The largest absolute Gasteiger partial charge is 0.355 e. The number of unbranched alkanes of at least 4 members (excludes halogenated alkanes) is 6. The second kappa shape index (κ2) is 12.0. The van der Waals surface area contributed by atoms with Crippen molar-refractivity contribution in [3.8, 4) is 0 Å². The van der Waals surface area contributed by atoms with Crippen LogP contribution in [0.25, 0.3) is 0 Å². The molecule has 0 radical (unpaired) electrons. The van der Waals surface area contributed by atoms with Gasteiger partial charge in [0.15, 0.2) is 0 Å². The van der Waals surface area contributed by atoms with Crippen LogP contribution in [-0.2, 0) is 4.79 Å². The van der Waals surface area contributed by atoms with E-state index in [1.807, 2.05) is 13.8 Å². The van der Waals surface area contributed by atoms with Crippen molar-refractivity contribution < 1.29 is 4.79 Å². The third-order valence-corrected chi connectivity index (χ3v) is 4.46. The van der Waals surface area contributed by atoms with Crippen LogP contribution in [0.3, 0.4) is 0 Å². The molecule has 0 aliphatic rings. The molecule has 3 nitrogen and oxygen atoms in total. The van der Waals surface area contributed by atoms with E-state index in [2.05, 4.69) is 19.2 Å². The zero-order valence-corrected chi connectivity index (χ0v) is 14.8. The Kier molecular flexibility index (Phi) is 11.7. The molecule has 0 bridgehead atoms. The summed E-state index contributed by atoms with van der Waals surface area (Å²) in [4.78, 5) is 12.0. The molecule has 0 heterocycles. The molecule has 0 aromatic carbocycles. The van der Waals surface area contributed by atoms with E-state index >= 15 is 0 Å². The van der Waals surface area contributed by atoms with Crippen LogP contribution in [0.1, 0.15) is 91.9 Å². The number of hydrogen-bond donors (Lipinski definition) is 2. The van der Waals surface area contributed by atoms with Gasteiger partial charge in [0.2, 0.25) is 5.91 Å². The number of rotatable bonds is 13. The zero-order chi connectivity index (χ0) is 16.1. The first-order valence-electron chi connectivity index (χ1n) is 9.03. The summed E-state index contributed by atoms with van der Waals surface area (Å²) in [5.41, 5.74) is 5.39. The molecule has 21 heavy (non-hydrogen) atoms. The summed E-state index contributed by atoms with van der Waals surface area (Å²) in [5, 5.41) is 2.98. The van der Waals surface area contributed by atoms with E-state index in [1.54, 1.807) is 0 Å². The Morgan fingerprint density at radius 3 is 1.90 bits per heavy atom. The molecular weight excluding hydrogens is 260 g/mol. The minimum atomic E-state index is -0.670. The van der Waals surface area contributed by atoms with Crippen molar-refractivity contribution in [2.75, 3.05) is 6.54 Å². The molecule has 126 valence electrons. The van der Waals surface area contributed by atoms with Gasteiger partial charge in [-0.25, -0.2) is 0 Å². The second-order valence-corrected chi connectivity index (χ2v) is 6.78. The van der Waals surface area contributed by atoms with Crippen molar-refractivity contribution in [1.29, 1.82) is 0 Å². The molecule has 3 heteroatoms. The van der Waals surface area contributed by atoms with Crippen molar-refractivity contribution in [3.05, 3.63) is 0 Å². The van der Waals surface area contributed by atoms with E-state index in [9.17, 15) is 4.79 Å². The average Bonchev–Trinajstić information content (AvgIpc) is 2.47. The van der Waals surface area contributed by atoms with Crippen LogP contribution in [0.15, 0.2) is 0 Å². The van der Waals surface area contributed by atoms with Gasteiger partial charge in [0.05, 0.1) is 5.54 Å². The van der Waals surface area contributed by atoms with Gasteiger partial charge in [-0.05, 0) is 25.2 Å². The van der Waals surface area contributed by atoms with Gasteiger partial charge in [0, 0.05) is 6.54 Å². The van der Waals surface area contributed by atoms with E-state index in [-0.39, 0.29) is 5.91 Å². The first-order chi connectivity index (χ1) is 9.96. The molecule has 0 aliphatic carbocycles. The van der Waals surface area contributed by atoms with E-state index in [0.717, 1.165) is 18.9 Å². The molecule has 0 spiro atoms. The normalized spacial score (nSPS) is 11.9. The highest BCUT2D eigenvalue weighted by atomic mass is 16.2. The number of hydrogen-bond acceptors (Lipinski definition) is 2. The lowest BCUT2D eigenvalue weighted by Crippen LogP contribution is -2.53. The maximum Gasteiger partial charge on any atom is 0.240 e. The van der Waals surface area contributed by atoms with E-state index < -0.39 is 5.54 Å². The molecule has 0 unspecified atom stereocenters.